The topological polar surface area (TPSA) is 27.7 Å². The van der Waals surface area contributed by atoms with Crippen molar-refractivity contribution in [3.8, 4) is 5.75 Å². The molecule has 0 N–H and O–H groups in total. The smallest absolute Gasteiger partial charge is 0.208 e. The van der Waals surface area contributed by atoms with Gasteiger partial charge < -0.3 is 14.2 Å². The van der Waals surface area contributed by atoms with Gasteiger partial charge in [-0.05, 0) is 49.7 Å². The molecule has 0 saturated carbocycles. The molecule has 3 rings (SSSR count). The summed E-state index contributed by atoms with van der Waals surface area (Å²) in [4.78, 5) is 0.0445. The van der Waals surface area contributed by atoms with Crippen molar-refractivity contribution in [2.24, 2.45) is 0 Å². The minimum Gasteiger partial charge on any atom is -0.497 e. The first-order valence-corrected chi connectivity index (χ1v) is 8.46. The number of hydrogen-bond acceptors (Lipinski definition) is 3. The fraction of sp³-hybridized carbons (Fsp3) is 0.444. The summed E-state index contributed by atoms with van der Waals surface area (Å²) in [6.45, 7) is 6.16. The Hall–Kier alpha value is -1.10. The minimum absolute atomic E-state index is 0.0445. The fourth-order valence-electron chi connectivity index (χ4n) is 2.89. The van der Waals surface area contributed by atoms with Crippen LogP contribution in [0.1, 0.15) is 26.3 Å². The van der Waals surface area contributed by atoms with Gasteiger partial charge in [-0.15, -0.1) is 0 Å². The van der Waals surface area contributed by atoms with Gasteiger partial charge in [0.15, 0.2) is 0 Å². The van der Waals surface area contributed by atoms with E-state index in [0.29, 0.717) is 0 Å². The van der Waals surface area contributed by atoms with Crippen LogP contribution >= 0.6 is 15.9 Å². The molecule has 0 amide bonds. The molecule has 3 atom stereocenters. The molecule has 0 bridgehead atoms. The minimum atomic E-state index is -0.743. The summed E-state index contributed by atoms with van der Waals surface area (Å²) >= 11 is 3.67. The van der Waals surface area contributed by atoms with Crippen molar-refractivity contribution >= 4 is 26.7 Å². The van der Waals surface area contributed by atoms with Crippen molar-refractivity contribution in [2.75, 3.05) is 7.11 Å². The number of hydrogen-bond donors (Lipinski definition) is 0. The Bertz CT molecular complexity index is 673. The van der Waals surface area contributed by atoms with Crippen LogP contribution in [0.25, 0.3) is 10.8 Å². The maximum absolute atomic E-state index is 6.21. The molecule has 0 spiro atoms. The Labute approximate surface area is 139 Å². The predicted molar refractivity (Wildman–Crippen MR) is 91.7 cm³/mol. The van der Waals surface area contributed by atoms with Crippen LogP contribution in [0, 0.1) is 0 Å². The number of alkyl halides is 1. The monoisotopic (exact) mass is 364 g/mol. The normalized spacial score (nSPS) is 29.7. The van der Waals surface area contributed by atoms with E-state index in [2.05, 4.69) is 47.1 Å². The molecule has 1 aliphatic rings. The molecule has 3 nitrogen and oxygen atoms in total. The van der Waals surface area contributed by atoms with Gasteiger partial charge in [0, 0.05) is 5.56 Å². The van der Waals surface area contributed by atoms with E-state index >= 15 is 0 Å². The van der Waals surface area contributed by atoms with E-state index in [9.17, 15) is 0 Å². The molecule has 1 saturated heterocycles. The third-order valence-electron chi connectivity index (χ3n) is 4.36. The fourth-order valence-corrected chi connectivity index (χ4v) is 3.37. The zero-order valence-corrected chi connectivity index (χ0v) is 14.9. The molecule has 2 aromatic rings. The van der Waals surface area contributed by atoms with Gasteiger partial charge in [0.2, 0.25) is 5.79 Å². The maximum Gasteiger partial charge on any atom is 0.208 e. The van der Waals surface area contributed by atoms with E-state index in [0.717, 1.165) is 22.1 Å². The molecule has 2 aromatic carbocycles. The first kappa shape index (κ1) is 15.8. The first-order valence-electron chi connectivity index (χ1n) is 7.54. The van der Waals surface area contributed by atoms with Crippen LogP contribution in [0.2, 0.25) is 0 Å². The highest BCUT2D eigenvalue weighted by Gasteiger charge is 2.48. The van der Waals surface area contributed by atoms with Crippen molar-refractivity contribution in [3.05, 3.63) is 42.0 Å². The summed E-state index contributed by atoms with van der Waals surface area (Å²) in [5, 5.41) is 2.28. The predicted octanol–water partition coefficient (Wildman–Crippen LogP) is 4.61. The summed E-state index contributed by atoms with van der Waals surface area (Å²) in [5.41, 5.74) is 1.03. The molecule has 0 aromatic heterocycles. The van der Waals surface area contributed by atoms with Gasteiger partial charge in [0.25, 0.3) is 0 Å². The molecule has 0 radical (unpaired) electrons. The molecule has 22 heavy (non-hydrogen) atoms. The van der Waals surface area contributed by atoms with Gasteiger partial charge in [0.1, 0.15) is 5.75 Å². The van der Waals surface area contributed by atoms with E-state index in [1.807, 2.05) is 26.0 Å². The number of rotatable bonds is 3. The number of methoxy groups -OCH3 is 1. The molecular formula is C18H21BrO3. The molecule has 1 aliphatic heterocycles. The lowest BCUT2D eigenvalue weighted by molar-refractivity contribution is -0.178. The second kappa shape index (κ2) is 5.84. The van der Waals surface area contributed by atoms with Crippen LogP contribution in [0.4, 0.5) is 0 Å². The highest BCUT2D eigenvalue weighted by molar-refractivity contribution is 9.09. The summed E-state index contributed by atoms with van der Waals surface area (Å²) in [5.74, 6) is 0.117. The quantitative estimate of drug-likeness (QED) is 0.744. The van der Waals surface area contributed by atoms with Gasteiger partial charge in [-0.25, -0.2) is 0 Å². The van der Waals surface area contributed by atoms with Crippen molar-refractivity contribution < 1.29 is 14.2 Å². The summed E-state index contributed by atoms with van der Waals surface area (Å²) in [6.07, 6.45) is 0.123. The SMILES string of the molecule is COc1ccc2cc(C3(C(C)Br)OC(C)C(C)O3)ccc2c1. The van der Waals surface area contributed by atoms with Crippen LogP contribution in [0.5, 0.6) is 5.75 Å². The average Bonchev–Trinajstić information content (AvgIpc) is 2.83. The van der Waals surface area contributed by atoms with Gasteiger partial charge in [0.05, 0.1) is 24.1 Å². The maximum atomic E-state index is 6.21. The lowest BCUT2D eigenvalue weighted by Gasteiger charge is -2.31. The lowest BCUT2D eigenvalue weighted by Crippen LogP contribution is -2.36. The van der Waals surface area contributed by atoms with Crippen LogP contribution in [0.15, 0.2) is 36.4 Å². The van der Waals surface area contributed by atoms with E-state index in [4.69, 9.17) is 14.2 Å². The van der Waals surface area contributed by atoms with Crippen molar-refractivity contribution in [3.63, 3.8) is 0 Å². The first-order chi connectivity index (χ1) is 10.5. The third kappa shape index (κ3) is 2.53. The molecule has 0 aliphatic carbocycles. The average molecular weight is 365 g/mol. The summed E-state index contributed by atoms with van der Waals surface area (Å²) < 4.78 is 17.7. The van der Waals surface area contributed by atoms with E-state index in [-0.39, 0.29) is 17.0 Å². The molecular weight excluding hydrogens is 344 g/mol. The number of benzene rings is 2. The highest BCUT2D eigenvalue weighted by Crippen LogP contribution is 2.43. The van der Waals surface area contributed by atoms with Crippen LogP contribution < -0.4 is 4.74 Å². The van der Waals surface area contributed by atoms with Crippen LogP contribution in [-0.4, -0.2) is 24.1 Å². The Balaban J connectivity index is 2.08. The Morgan fingerprint density at radius 3 is 2.23 bits per heavy atom. The summed E-state index contributed by atoms with van der Waals surface area (Å²) in [7, 11) is 1.68. The zero-order chi connectivity index (χ0) is 15.9. The standard InChI is InChI=1S/C18H21BrO3/c1-11-12(2)22-18(21-11,13(3)19)16-7-5-15-10-17(20-4)8-6-14(15)9-16/h5-13H,1-4H3. The van der Waals surface area contributed by atoms with Gasteiger partial charge in [-0.1, -0.05) is 34.1 Å². The number of fused-ring (bicyclic) bond motifs is 1. The van der Waals surface area contributed by atoms with Crippen molar-refractivity contribution in [2.45, 2.75) is 43.6 Å². The molecule has 1 fully saturated rings. The Kier molecular flexibility index (Phi) is 4.19. The van der Waals surface area contributed by atoms with E-state index < -0.39 is 5.79 Å². The molecule has 118 valence electrons. The van der Waals surface area contributed by atoms with E-state index in [1.54, 1.807) is 7.11 Å². The number of ether oxygens (including phenoxy) is 3. The van der Waals surface area contributed by atoms with E-state index in [1.165, 1.54) is 0 Å². The largest absolute Gasteiger partial charge is 0.497 e. The van der Waals surface area contributed by atoms with Gasteiger partial charge in [-0.2, -0.15) is 0 Å². The molecule has 1 heterocycles. The zero-order valence-electron chi connectivity index (χ0n) is 13.3. The van der Waals surface area contributed by atoms with Gasteiger partial charge in [-0.3, -0.25) is 0 Å². The van der Waals surface area contributed by atoms with Crippen molar-refractivity contribution in [1.29, 1.82) is 0 Å². The van der Waals surface area contributed by atoms with Crippen molar-refractivity contribution in [1.82, 2.24) is 0 Å². The highest BCUT2D eigenvalue weighted by atomic mass is 79.9. The Morgan fingerprint density at radius 1 is 1.05 bits per heavy atom. The summed E-state index contributed by atoms with van der Waals surface area (Å²) in [6, 6.07) is 12.4. The second-order valence-electron chi connectivity index (χ2n) is 5.86. The third-order valence-corrected chi connectivity index (χ3v) is 4.96. The lowest BCUT2D eigenvalue weighted by atomic mass is 9.99. The van der Waals surface area contributed by atoms with Crippen LogP contribution in [0.3, 0.4) is 0 Å². The second-order valence-corrected chi connectivity index (χ2v) is 7.23. The number of halogens is 1. The van der Waals surface area contributed by atoms with Crippen LogP contribution in [-0.2, 0) is 15.3 Å². The molecule has 4 heteroatoms. The Morgan fingerprint density at radius 2 is 1.64 bits per heavy atom. The molecule has 3 unspecified atom stereocenters. The van der Waals surface area contributed by atoms with Gasteiger partial charge >= 0.3 is 0 Å².